The fourth-order valence-corrected chi connectivity index (χ4v) is 3.78. The number of imidazole rings is 1. The molecule has 10 heteroatoms. The SMILES string of the molecule is FC(F)(F)Oc1cccc(-c2cnc3sc(NCC4CCOCC4)nn23)c1. The molecule has 1 aromatic carbocycles. The van der Waals surface area contributed by atoms with E-state index in [0.717, 1.165) is 37.7 Å². The third-order valence-electron chi connectivity index (χ3n) is 4.33. The van der Waals surface area contributed by atoms with Crippen molar-refractivity contribution in [2.45, 2.75) is 19.2 Å². The number of hydrogen-bond acceptors (Lipinski definition) is 6. The third-order valence-corrected chi connectivity index (χ3v) is 5.21. The minimum atomic E-state index is -4.73. The molecule has 3 aromatic rings. The second kappa shape index (κ2) is 7.35. The van der Waals surface area contributed by atoms with Crippen LogP contribution in [-0.2, 0) is 4.74 Å². The zero-order chi connectivity index (χ0) is 18.9. The number of alkyl halides is 3. The summed E-state index contributed by atoms with van der Waals surface area (Å²) in [6.45, 7) is 2.38. The lowest BCUT2D eigenvalue weighted by atomic mass is 10.0. The van der Waals surface area contributed by atoms with Crippen LogP contribution in [0, 0.1) is 5.92 Å². The summed E-state index contributed by atoms with van der Waals surface area (Å²) < 4.78 is 48.3. The number of halogens is 3. The average molecular weight is 398 g/mol. The summed E-state index contributed by atoms with van der Waals surface area (Å²) >= 11 is 1.40. The number of benzene rings is 1. The molecular formula is C17H17F3N4O2S. The topological polar surface area (TPSA) is 60.7 Å². The molecule has 3 heterocycles. The Bertz CT molecular complexity index is 918. The van der Waals surface area contributed by atoms with Crippen LogP contribution in [0.3, 0.4) is 0 Å². The lowest BCUT2D eigenvalue weighted by Crippen LogP contribution is -2.22. The van der Waals surface area contributed by atoms with E-state index in [0.29, 0.717) is 22.1 Å². The summed E-state index contributed by atoms with van der Waals surface area (Å²) in [4.78, 5) is 4.98. The molecule has 144 valence electrons. The highest BCUT2D eigenvalue weighted by Crippen LogP contribution is 2.30. The fourth-order valence-electron chi connectivity index (χ4n) is 3.00. The van der Waals surface area contributed by atoms with Crippen LogP contribution in [0.25, 0.3) is 16.2 Å². The van der Waals surface area contributed by atoms with Gasteiger partial charge in [0.15, 0.2) is 0 Å². The molecule has 0 aliphatic carbocycles. The van der Waals surface area contributed by atoms with Crippen LogP contribution in [0.1, 0.15) is 12.8 Å². The first-order chi connectivity index (χ1) is 13.0. The summed E-state index contributed by atoms with van der Waals surface area (Å²) in [5.74, 6) is 0.272. The van der Waals surface area contributed by atoms with Gasteiger partial charge in [-0.05, 0) is 30.9 Å². The Morgan fingerprint density at radius 3 is 2.89 bits per heavy atom. The standard InChI is InChI=1S/C17H17F3N4O2S/c18-17(19,20)26-13-3-1-2-12(8-13)14-10-22-16-24(14)23-15(27-16)21-9-11-4-6-25-7-5-11/h1-3,8,10-11H,4-7,9H2,(H,21,23). The van der Waals surface area contributed by atoms with E-state index in [1.807, 2.05) is 0 Å². The van der Waals surface area contributed by atoms with Gasteiger partial charge in [-0.3, -0.25) is 0 Å². The molecule has 0 atom stereocenters. The molecule has 1 saturated heterocycles. The molecule has 1 fully saturated rings. The normalized spacial score (nSPS) is 16.0. The Labute approximate surface area is 156 Å². The van der Waals surface area contributed by atoms with E-state index in [2.05, 4.69) is 20.1 Å². The van der Waals surface area contributed by atoms with Crippen LogP contribution < -0.4 is 10.1 Å². The average Bonchev–Trinajstić information content (AvgIpc) is 3.20. The van der Waals surface area contributed by atoms with Crippen molar-refractivity contribution in [2.75, 3.05) is 25.1 Å². The largest absolute Gasteiger partial charge is 0.573 e. The maximum absolute atomic E-state index is 12.4. The smallest absolute Gasteiger partial charge is 0.406 e. The highest BCUT2D eigenvalue weighted by molar-refractivity contribution is 7.20. The predicted molar refractivity (Wildman–Crippen MR) is 95.0 cm³/mol. The van der Waals surface area contributed by atoms with Crippen molar-refractivity contribution in [1.82, 2.24) is 14.6 Å². The van der Waals surface area contributed by atoms with Gasteiger partial charge in [-0.2, -0.15) is 0 Å². The first-order valence-electron chi connectivity index (χ1n) is 8.50. The van der Waals surface area contributed by atoms with E-state index >= 15 is 0 Å². The fraction of sp³-hybridized carbons (Fsp3) is 0.412. The van der Waals surface area contributed by atoms with Gasteiger partial charge >= 0.3 is 6.36 Å². The Morgan fingerprint density at radius 2 is 2.11 bits per heavy atom. The Balaban J connectivity index is 1.52. The van der Waals surface area contributed by atoms with Crippen LogP contribution >= 0.6 is 11.3 Å². The lowest BCUT2D eigenvalue weighted by Gasteiger charge is -2.21. The van der Waals surface area contributed by atoms with Crippen molar-refractivity contribution >= 4 is 21.4 Å². The van der Waals surface area contributed by atoms with Gasteiger partial charge in [-0.15, -0.1) is 18.3 Å². The lowest BCUT2D eigenvalue weighted by molar-refractivity contribution is -0.274. The third kappa shape index (κ3) is 4.33. The van der Waals surface area contributed by atoms with Crippen molar-refractivity contribution in [1.29, 1.82) is 0 Å². The Kier molecular flexibility index (Phi) is 4.92. The van der Waals surface area contributed by atoms with E-state index < -0.39 is 6.36 Å². The van der Waals surface area contributed by atoms with Gasteiger partial charge in [0.25, 0.3) is 0 Å². The number of aromatic nitrogens is 3. The molecule has 0 unspecified atom stereocenters. The molecule has 2 aromatic heterocycles. The van der Waals surface area contributed by atoms with Crippen molar-refractivity contribution in [3.8, 4) is 17.0 Å². The molecule has 1 aliphatic heterocycles. The van der Waals surface area contributed by atoms with Crippen molar-refractivity contribution in [3.05, 3.63) is 30.5 Å². The van der Waals surface area contributed by atoms with Crippen LogP contribution in [-0.4, -0.2) is 40.7 Å². The van der Waals surface area contributed by atoms with Gasteiger partial charge in [0.2, 0.25) is 10.1 Å². The first kappa shape index (κ1) is 18.1. The maximum atomic E-state index is 12.4. The molecule has 0 radical (unpaired) electrons. The van der Waals surface area contributed by atoms with Gasteiger partial charge in [-0.25, -0.2) is 9.50 Å². The number of rotatable bonds is 5. The molecule has 0 spiro atoms. The van der Waals surface area contributed by atoms with Crippen molar-refractivity contribution in [3.63, 3.8) is 0 Å². The molecular weight excluding hydrogens is 381 g/mol. The predicted octanol–water partition coefficient (Wildman–Crippen LogP) is 4.19. The molecule has 6 nitrogen and oxygen atoms in total. The molecule has 1 aliphatic rings. The molecule has 0 amide bonds. The van der Waals surface area contributed by atoms with Crippen LogP contribution in [0.5, 0.6) is 5.75 Å². The van der Waals surface area contributed by atoms with Gasteiger partial charge in [0.1, 0.15) is 5.75 Å². The second-order valence-electron chi connectivity index (χ2n) is 6.26. The van der Waals surface area contributed by atoms with Crippen LogP contribution in [0.4, 0.5) is 18.3 Å². The highest BCUT2D eigenvalue weighted by Gasteiger charge is 2.31. The van der Waals surface area contributed by atoms with Crippen molar-refractivity contribution in [2.24, 2.45) is 5.92 Å². The van der Waals surface area contributed by atoms with E-state index in [1.54, 1.807) is 16.8 Å². The van der Waals surface area contributed by atoms with Gasteiger partial charge in [0.05, 0.1) is 11.9 Å². The second-order valence-corrected chi connectivity index (χ2v) is 7.21. The number of nitrogens with one attached hydrogen (secondary N) is 1. The molecule has 27 heavy (non-hydrogen) atoms. The zero-order valence-electron chi connectivity index (χ0n) is 14.2. The molecule has 4 rings (SSSR count). The Morgan fingerprint density at radius 1 is 1.30 bits per heavy atom. The van der Waals surface area contributed by atoms with E-state index in [4.69, 9.17) is 4.74 Å². The number of ether oxygens (including phenoxy) is 2. The minimum Gasteiger partial charge on any atom is -0.406 e. The van der Waals surface area contributed by atoms with Gasteiger partial charge in [0, 0.05) is 25.3 Å². The maximum Gasteiger partial charge on any atom is 0.573 e. The molecule has 0 saturated carbocycles. The highest BCUT2D eigenvalue weighted by atomic mass is 32.1. The molecule has 0 bridgehead atoms. The van der Waals surface area contributed by atoms with Gasteiger partial charge < -0.3 is 14.8 Å². The van der Waals surface area contributed by atoms with E-state index in [-0.39, 0.29) is 5.75 Å². The number of hydrogen-bond donors (Lipinski definition) is 1. The van der Waals surface area contributed by atoms with E-state index in [1.165, 1.54) is 29.5 Å². The number of nitrogens with zero attached hydrogens (tertiary/aromatic N) is 3. The summed E-state index contributed by atoms with van der Waals surface area (Å²) in [6.07, 6.45) is -1.10. The molecule has 1 N–H and O–H groups in total. The van der Waals surface area contributed by atoms with Gasteiger partial charge in [-0.1, -0.05) is 23.5 Å². The summed E-state index contributed by atoms with van der Waals surface area (Å²) in [7, 11) is 0. The summed E-state index contributed by atoms with van der Waals surface area (Å²) in [5, 5.41) is 8.56. The van der Waals surface area contributed by atoms with E-state index in [9.17, 15) is 13.2 Å². The monoisotopic (exact) mass is 398 g/mol. The first-order valence-corrected chi connectivity index (χ1v) is 9.32. The zero-order valence-corrected chi connectivity index (χ0v) is 15.0. The van der Waals surface area contributed by atoms with Crippen LogP contribution in [0.15, 0.2) is 30.5 Å². The van der Waals surface area contributed by atoms with Crippen molar-refractivity contribution < 1.29 is 22.6 Å². The van der Waals surface area contributed by atoms with Crippen LogP contribution in [0.2, 0.25) is 0 Å². The minimum absolute atomic E-state index is 0.275. The quantitative estimate of drug-likeness (QED) is 0.698. The summed E-state index contributed by atoms with van der Waals surface area (Å²) in [6, 6.07) is 5.79. The number of anilines is 1. The number of fused-ring (bicyclic) bond motifs is 1. The Hall–Kier alpha value is -2.33. The summed E-state index contributed by atoms with van der Waals surface area (Å²) in [5.41, 5.74) is 1.15.